The molecule has 1 saturated carbocycles. The van der Waals surface area contributed by atoms with Crippen molar-refractivity contribution in [1.29, 1.82) is 0 Å². The maximum atomic E-state index is 13.2. The van der Waals surface area contributed by atoms with Gasteiger partial charge in [0.15, 0.2) is 17.5 Å². The molecule has 0 aliphatic heterocycles. The van der Waals surface area contributed by atoms with E-state index in [9.17, 15) is 13.2 Å². The highest BCUT2D eigenvalue weighted by molar-refractivity contribution is 5.40. The fourth-order valence-electron chi connectivity index (χ4n) is 1.65. The number of rotatable bonds is 2. The molecule has 0 saturated heterocycles. The summed E-state index contributed by atoms with van der Waals surface area (Å²) in [5, 5.41) is 2.80. The second-order valence-corrected chi connectivity index (χ2v) is 4.13. The van der Waals surface area contributed by atoms with Gasteiger partial charge in [-0.05, 0) is 26.2 Å². The van der Waals surface area contributed by atoms with Crippen molar-refractivity contribution in [3.05, 3.63) is 23.6 Å². The van der Waals surface area contributed by atoms with Crippen molar-refractivity contribution in [2.24, 2.45) is 0 Å². The molecule has 0 spiro atoms. The monoisotopic (exact) mass is 216 g/mol. The van der Waals surface area contributed by atoms with Crippen molar-refractivity contribution >= 4 is 5.82 Å². The Kier molecular flexibility index (Phi) is 2.32. The minimum Gasteiger partial charge on any atom is -0.362 e. The molecule has 0 unspecified atom stereocenters. The normalized spacial score (nSPS) is 18.4. The van der Waals surface area contributed by atoms with E-state index in [4.69, 9.17) is 0 Å². The molecule has 0 radical (unpaired) electrons. The van der Waals surface area contributed by atoms with E-state index in [2.05, 4.69) is 10.3 Å². The summed E-state index contributed by atoms with van der Waals surface area (Å²) < 4.78 is 38.5. The summed E-state index contributed by atoms with van der Waals surface area (Å²) in [6.07, 6.45) is 2.81. The van der Waals surface area contributed by atoms with Crippen LogP contribution in [0.25, 0.3) is 0 Å². The molecule has 15 heavy (non-hydrogen) atoms. The molecule has 0 bridgehead atoms. The Bertz CT molecular complexity index is 388. The molecular weight excluding hydrogens is 205 g/mol. The third kappa shape index (κ3) is 1.91. The fourth-order valence-corrected chi connectivity index (χ4v) is 1.65. The highest BCUT2D eigenvalue weighted by Crippen LogP contribution is 2.34. The molecule has 1 aromatic rings. The molecule has 2 nitrogen and oxygen atoms in total. The summed E-state index contributed by atoms with van der Waals surface area (Å²) in [4.78, 5) is 3.21. The molecule has 2 rings (SSSR count). The standard InChI is InChI=1S/C10H11F3N2/c1-10(3-2-4-10)15-9-7(12)5-6(11)8(13)14-9/h5H,2-4H2,1H3,(H,14,15). The first-order chi connectivity index (χ1) is 7.00. The molecular formula is C10H11F3N2. The Morgan fingerprint density at radius 1 is 1.27 bits per heavy atom. The van der Waals surface area contributed by atoms with Crippen LogP contribution in [0.2, 0.25) is 0 Å². The van der Waals surface area contributed by atoms with E-state index >= 15 is 0 Å². The molecule has 5 heteroatoms. The minimum atomic E-state index is -1.28. The van der Waals surface area contributed by atoms with Crippen LogP contribution in [-0.2, 0) is 0 Å². The lowest BCUT2D eigenvalue weighted by atomic mass is 9.78. The molecule has 0 aromatic carbocycles. The molecule has 1 aliphatic rings. The first-order valence-electron chi connectivity index (χ1n) is 4.80. The van der Waals surface area contributed by atoms with E-state index in [0.29, 0.717) is 6.07 Å². The summed E-state index contributed by atoms with van der Waals surface area (Å²) in [6.45, 7) is 1.90. The Labute approximate surface area is 85.5 Å². The van der Waals surface area contributed by atoms with Gasteiger partial charge in [-0.3, -0.25) is 0 Å². The van der Waals surface area contributed by atoms with Crippen molar-refractivity contribution < 1.29 is 13.2 Å². The van der Waals surface area contributed by atoms with Gasteiger partial charge in [0.2, 0.25) is 0 Å². The first-order valence-corrected chi connectivity index (χ1v) is 4.80. The number of hydrogen-bond acceptors (Lipinski definition) is 2. The van der Waals surface area contributed by atoms with Crippen LogP contribution in [0.4, 0.5) is 19.0 Å². The maximum absolute atomic E-state index is 13.2. The topological polar surface area (TPSA) is 24.9 Å². The van der Waals surface area contributed by atoms with Crippen LogP contribution < -0.4 is 5.32 Å². The lowest BCUT2D eigenvalue weighted by Crippen LogP contribution is -2.42. The van der Waals surface area contributed by atoms with Crippen molar-refractivity contribution in [2.75, 3.05) is 5.32 Å². The highest BCUT2D eigenvalue weighted by Gasteiger charge is 2.32. The second kappa shape index (κ2) is 3.40. The van der Waals surface area contributed by atoms with Crippen LogP contribution >= 0.6 is 0 Å². The van der Waals surface area contributed by atoms with Crippen molar-refractivity contribution in [2.45, 2.75) is 31.7 Å². The van der Waals surface area contributed by atoms with Crippen molar-refractivity contribution in [3.8, 4) is 0 Å². The molecule has 1 N–H and O–H groups in total. The molecule has 1 fully saturated rings. The third-order valence-corrected chi connectivity index (χ3v) is 2.76. The molecule has 1 aromatic heterocycles. The lowest BCUT2D eigenvalue weighted by molar-refractivity contribution is 0.303. The Hall–Kier alpha value is -1.26. The van der Waals surface area contributed by atoms with Gasteiger partial charge in [0.05, 0.1) is 0 Å². The Morgan fingerprint density at radius 3 is 2.47 bits per heavy atom. The Balaban J connectivity index is 2.24. The zero-order valence-electron chi connectivity index (χ0n) is 8.28. The van der Waals surface area contributed by atoms with Gasteiger partial charge in [0.1, 0.15) is 0 Å². The van der Waals surface area contributed by atoms with Gasteiger partial charge in [0.25, 0.3) is 5.95 Å². The van der Waals surface area contributed by atoms with Crippen LogP contribution in [0.3, 0.4) is 0 Å². The Morgan fingerprint density at radius 2 is 1.93 bits per heavy atom. The smallest absolute Gasteiger partial charge is 0.251 e. The van der Waals surface area contributed by atoms with E-state index in [-0.39, 0.29) is 11.4 Å². The SMILES string of the molecule is CC1(Nc2nc(F)c(F)cc2F)CCC1. The van der Waals surface area contributed by atoms with Gasteiger partial charge in [-0.2, -0.15) is 9.37 Å². The minimum absolute atomic E-state index is 0.212. The largest absolute Gasteiger partial charge is 0.362 e. The predicted molar refractivity (Wildman–Crippen MR) is 50.0 cm³/mol. The third-order valence-electron chi connectivity index (χ3n) is 2.76. The highest BCUT2D eigenvalue weighted by atomic mass is 19.2. The van der Waals surface area contributed by atoms with Crippen LogP contribution in [0.15, 0.2) is 6.07 Å². The summed E-state index contributed by atoms with van der Waals surface area (Å²) >= 11 is 0. The second-order valence-electron chi connectivity index (χ2n) is 4.13. The predicted octanol–water partition coefficient (Wildman–Crippen LogP) is 2.85. The van der Waals surface area contributed by atoms with Crippen LogP contribution in [0, 0.1) is 17.6 Å². The van der Waals surface area contributed by atoms with Crippen LogP contribution in [0.5, 0.6) is 0 Å². The number of pyridine rings is 1. The van der Waals surface area contributed by atoms with E-state index < -0.39 is 17.6 Å². The summed E-state index contributed by atoms with van der Waals surface area (Å²) in [6, 6.07) is 0.507. The number of hydrogen-bond donors (Lipinski definition) is 1. The van der Waals surface area contributed by atoms with E-state index in [1.165, 1.54) is 0 Å². The summed E-state index contributed by atoms with van der Waals surface area (Å²) in [5.41, 5.74) is -0.238. The molecule has 82 valence electrons. The van der Waals surface area contributed by atoms with Crippen LogP contribution in [0.1, 0.15) is 26.2 Å². The zero-order valence-corrected chi connectivity index (χ0v) is 8.28. The number of aromatic nitrogens is 1. The van der Waals surface area contributed by atoms with Gasteiger partial charge in [-0.15, -0.1) is 0 Å². The fraction of sp³-hybridized carbons (Fsp3) is 0.500. The lowest BCUT2D eigenvalue weighted by Gasteiger charge is -2.39. The number of halogens is 3. The molecule has 0 atom stereocenters. The van der Waals surface area contributed by atoms with Gasteiger partial charge in [-0.25, -0.2) is 8.78 Å². The molecule has 1 heterocycles. The van der Waals surface area contributed by atoms with Gasteiger partial charge in [0, 0.05) is 11.6 Å². The quantitative estimate of drug-likeness (QED) is 0.769. The summed E-state index contributed by atoms with van der Waals surface area (Å²) in [7, 11) is 0. The average molecular weight is 216 g/mol. The van der Waals surface area contributed by atoms with Gasteiger partial charge in [-0.1, -0.05) is 0 Å². The van der Waals surface area contributed by atoms with Crippen LogP contribution in [-0.4, -0.2) is 10.5 Å². The van der Waals surface area contributed by atoms with E-state index in [0.717, 1.165) is 19.3 Å². The summed E-state index contributed by atoms with van der Waals surface area (Å²) in [5.74, 6) is -3.61. The van der Waals surface area contributed by atoms with Crippen molar-refractivity contribution in [1.82, 2.24) is 4.98 Å². The molecule has 1 aliphatic carbocycles. The number of anilines is 1. The van der Waals surface area contributed by atoms with E-state index in [1.54, 1.807) is 0 Å². The van der Waals surface area contributed by atoms with E-state index in [1.807, 2.05) is 6.92 Å². The maximum Gasteiger partial charge on any atom is 0.251 e. The number of nitrogens with one attached hydrogen (secondary N) is 1. The van der Waals surface area contributed by atoms with Gasteiger partial charge < -0.3 is 5.32 Å². The number of nitrogens with zero attached hydrogens (tertiary/aromatic N) is 1. The van der Waals surface area contributed by atoms with Crippen molar-refractivity contribution in [3.63, 3.8) is 0 Å². The van der Waals surface area contributed by atoms with Gasteiger partial charge >= 0.3 is 0 Å². The molecule has 0 amide bonds. The first kappa shape index (κ1) is 10.3. The average Bonchev–Trinajstić information content (AvgIpc) is 2.11. The zero-order chi connectivity index (χ0) is 11.1.